The molecule has 0 fully saturated rings. The van der Waals surface area contributed by atoms with Gasteiger partial charge in [-0.25, -0.2) is 0 Å². The number of hydrogen-bond acceptors (Lipinski definition) is 6. The predicted molar refractivity (Wildman–Crippen MR) is 87.1 cm³/mol. The third kappa shape index (κ3) is 60.6. The minimum absolute atomic E-state index is 0. The van der Waals surface area contributed by atoms with Gasteiger partial charge in [0.15, 0.2) is 0 Å². The van der Waals surface area contributed by atoms with Crippen molar-refractivity contribution in [3.63, 3.8) is 0 Å². The molecule has 93 valence electrons. The van der Waals surface area contributed by atoms with E-state index in [1.807, 2.05) is 0 Å². The number of hydrogen-bond donors (Lipinski definition) is 3. The fourth-order valence-corrected chi connectivity index (χ4v) is 0. The molecule has 1 radical (unpaired) electrons. The van der Waals surface area contributed by atoms with Crippen LogP contribution in [-0.4, -0.2) is 34.1 Å². The normalized spacial score (nSPS) is 6.19. The van der Waals surface area contributed by atoms with Gasteiger partial charge in [0.2, 0.25) is 0 Å². The summed E-state index contributed by atoms with van der Waals surface area (Å²) in [6, 6.07) is 0. The maximum absolute atomic E-state index is 4.40. The van der Waals surface area contributed by atoms with Crippen molar-refractivity contribution in [2.75, 3.05) is 21.1 Å². The first kappa shape index (κ1) is 25.6. The molecule has 0 rings (SSSR count). The van der Waals surface area contributed by atoms with Gasteiger partial charge >= 0.3 is 17.4 Å². The van der Waals surface area contributed by atoms with Crippen LogP contribution >= 0.6 is 36.7 Å². The molecule has 0 saturated carbocycles. The van der Waals surface area contributed by atoms with Crippen molar-refractivity contribution >= 4 is 87.5 Å². The summed E-state index contributed by atoms with van der Waals surface area (Å²) >= 11 is 26.4. The van der Waals surface area contributed by atoms with Crippen LogP contribution in [-0.2, 0) is 55.2 Å². The fourth-order valence-electron chi connectivity index (χ4n) is 0. The monoisotopic (exact) mass is 370 g/mol. The number of nitrogens with one attached hydrogen (secondary N) is 3. The molecule has 0 aliphatic rings. The van der Waals surface area contributed by atoms with Crippen LogP contribution in [0.2, 0.25) is 0 Å². The first-order chi connectivity index (χ1) is 6.81. The first-order valence-corrected chi connectivity index (χ1v) is 5.92. The Bertz CT molecular complexity index is 167. The maximum atomic E-state index is 4.40. The van der Waals surface area contributed by atoms with Crippen molar-refractivity contribution in [3.05, 3.63) is 0 Å². The average Bonchev–Trinajstić information content (AvgIpc) is 2.19. The molecule has 0 aromatic rings. The Morgan fingerprint density at radius 1 is 0.688 bits per heavy atom. The van der Waals surface area contributed by atoms with E-state index in [2.05, 4.69) is 90.5 Å². The summed E-state index contributed by atoms with van der Waals surface area (Å²) in [5.41, 5.74) is 0. The first-order valence-electron chi connectivity index (χ1n) is 3.47. The van der Waals surface area contributed by atoms with E-state index >= 15 is 0 Å². The summed E-state index contributed by atoms with van der Waals surface area (Å²) < 4.78 is 1.26. The van der Waals surface area contributed by atoms with Crippen LogP contribution in [0.1, 0.15) is 0 Å². The average molecular weight is 371 g/mol. The third-order valence-electron chi connectivity index (χ3n) is 0.612. The van der Waals surface area contributed by atoms with E-state index < -0.39 is 0 Å². The molecular formula is C6H12CrN3S6. The zero-order chi connectivity index (χ0) is 12.9. The zero-order valence-electron chi connectivity index (χ0n) is 8.86. The van der Waals surface area contributed by atoms with Crippen LogP contribution in [0.25, 0.3) is 0 Å². The maximum Gasteiger partial charge on any atom is 3.00 e. The SMILES string of the molecule is CNC(=S)[S-].CNC(=S)[S-].CNC(=S)[S-].[Cr+3]. The van der Waals surface area contributed by atoms with Crippen LogP contribution in [0.3, 0.4) is 0 Å². The quantitative estimate of drug-likeness (QED) is 0.407. The van der Waals surface area contributed by atoms with Gasteiger partial charge in [-0.05, 0) is 0 Å². The Kier molecular flexibility index (Phi) is 33.9. The Balaban J connectivity index is -0.0000000655. The fraction of sp³-hybridized carbons (Fsp3) is 0.500. The van der Waals surface area contributed by atoms with Gasteiger partial charge in [-0.3, -0.25) is 0 Å². The molecule has 0 saturated heterocycles. The second-order valence-electron chi connectivity index (χ2n) is 1.61. The van der Waals surface area contributed by atoms with E-state index in [9.17, 15) is 0 Å². The molecule has 0 aromatic carbocycles. The summed E-state index contributed by atoms with van der Waals surface area (Å²) in [5.74, 6) is 0. The molecule has 3 nitrogen and oxygen atoms in total. The molecule has 0 aliphatic heterocycles. The van der Waals surface area contributed by atoms with Crippen molar-refractivity contribution in [2.45, 2.75) is 0 Å². The van der Waals surface area contributed by atoms with Crippen LogP contribution in [0.4, 0.5) is 0 Å². The van der Waals surface area contributed by atoms with Crippen LogP contribution in [0.15, 0.2) is 0 Å². The Hall–Kier alpha value is 0.862. The summed E-state index contributed by atoms with van der Waals surface area (Å²) in [6.07, 6.45) is 0. The molecule has 0 amide bonds. The van der Waals surface area contributed by atoms with Gasteiger partial charge in [-0.15, -0.1) is 0 Å². The minimum atomic E-state index is 0. The molecule has 0 atom stereocenters. The zero-order valence-corrected chi connectivity index (χ0v) is 15.0. The van der Waals surface area contributed by atoms with Gasteiger partial charge < -0.3 is 90.5 Å². The van der Waals surface area contributed by atoms with Gasteiger partial charge in [-0.2, -0.15) is 0 Å². The Morgan fingerprint density at radius 3 is 0.750 bits per heavy atom. The molecule has 0 bridgehead atoms. The summed E-state index contributed by atoms with van der Waals surface area (Å²) in [4.78, 5) is 0. The van der Waals surface area contributed by atoms with Crippen LogP contribution < -0.4 is 16.0 Å². The number of thiocarbonyl (C=S) groups is 3. The van der Waals surface area contributed by atoms with E-state index in [-0.39, 0.29) is 17.4 Å². The number of rotatable bonds is 0. The van der Waals surface area contributed by atoms with Crippen LogP contribution in [0.5, 0.6) is 0 Å². The van der Waals surface area contributed by atoms with Crippen molar-refractivity contribution in [2.24, 2.45) is 0 Å². The summed E-state index contributed by atoms with van der Waals surface area (Å²) in [6.45, 7) is 0. The summed E-state index contributed by atoms with van der Waals surface area (Å²) in [5, 5.41) is 7.72. The van der Waals surface area contributed by atoms with Crippen molar-refractivity contribution < 1.29 is 17.4 Å². The largest absolute Gasteiger partial charge is 3.00 e. The van der Waals surface area contributed by atoms with Crippen LogP contribution in [0, 0.1) is 0 Å². The van der Waals surface area contributed by atoms with E-state index in [1.165, 1.54) is 0 Å². The molecule has 10 heteroatoms. The smallest absolute Gasteiger partial charge is 0.412 e. The Morgan fingerprint density at radius 2 is 0.750 bits per heavy atom. The van der Waals surface area contributed by atoms with Gasteiger partial charge in [0.05, 0.1) is 0 Å². The standard InChI is InChI=1S/3C2H5NS2.Cr/c3*1-3-2(4)5;/h3*1H3,(H2,3,4,5);/q;;;+3/p-3. The molecule has 16 heavy (non-hydrogen) atoms. The topological polar surface area (TPSA) is 36.1 Å². The minimum Gasteiger partial charge on any atom is -0.412 e. The van der Waals surface area contributed by atoms with Crippen molar-refractivity contribution in [1.82, 2.24) is 16.0 Å². The molecule has 0 heterocycles. The van der Waals surface area contributed by atoms with Gasteiger partial charge in [0.25, 0.3) is 0 Å². The van der Waals surface area contributed by atoms with E-state index in [0.717, 1.165) is 0 Å². The van der Waals surface area contributed by atoms with E-state index in [1.54, 1.807) is 21.1 Å². The second kappa shape index (κ2) is 21.2. The molecule has 3 N–H and O–H groups in total. The van der Waals surface area contributed by atoms with Gasteiger partial charge in [-0.1, -0.05) is 13.0 Å². The van der Waals surface area contributed by atoms with E-state index in [0.29, 0.717) is 13.0 Å². The van der Waals surface area contributed by atoms with Crippen molar-refractivity contribution in [3.8, 4) is 0 Å². The van der Waals surface area contributed by atoms with Gasteiger partial charge in [0, 0.05) is 21.1 Å². The third-order valence-corrected chi connectivity index (χ3v) is 1.84. The van der Waals surface area contributed by atoms with E-state index in [4.69, 9.17) is 0 Å². The molecule has 0 aromatic heterocycles. The predicted octanol–water partition coefficient (Wildman–Crippen LogP) is 0.110. The summed E-state index contributed by atoms with van der Waals surface area (Å²) in [7, 11) is 5.11. The van der Waals surface area contributed by atoms with Gasteiger partial charge in [0.1, 0.15) is 0 Å². The molecule has 0 spiro atoms. The second-order valence-corrected chi connectivity index (χ2v) is 4.84. The van der Waals surface area contributed by atoms with Crippen molar-refractivity contribution in [1.29, 1.82) is 0 Å². The Labute approximate surface area is 141 Å². The molecule has 0 unspecified atom stereocenters. The molecular weight excluding hydrogens is 358 g/mol. The molecule has 0 aliphatic carbocycles.